The van der Waals surface area contributed by atoms with Crippen molar-refractivity contribution in [2.45, 2.75) is 71.4 Å². The Morgan fingerprint density at radius 2 is 1.30 bits per heavy atom. The third kappa shape index (κ3) is 7.85. The van der Waals surface area contributed by atoms with E-state index in [0.29, 0.717) is 55.6 Å². The Morgan fingerprint density at radius 1 is 0.787 bits per heavy atom. The first kappa shape index (κ1) is 40.3. The molecule has 0 unspecified atom stereocenters. The number of anilines is 4. The number of ether oxygens (including phenoxy) is 2. The van der Waals surface area contributed by atoms with Crippen LogP contribution in [-0.2, 0) is 48.4 Å². The van der Waals surface area contributed by atoms with E-state index in [-0.39, 0.29) is 17.7 Å². The number of nitrogens with zero attached hydrogens (tertiary/aromatic N) is 9. The number of fused-ring (bicyclic) bond motifs is 8. The minimum absolute atomic E-state index is 0.0390. The molecule has 6 aromatic heterocycles. The number of amides is 1. The van der Waals surface area contributed by atoms with Gasteiger partial charge in [-0.1, -0.05) is 13.3 Å². The fourth-order valence-electron chi connectivity index (χ4n) is 8.43. The second-order valence-corrected chi connectivity index (χ2v) is 17.7. The molecule has 0 aromatic carbocycles. The van der Waals surface area contributed by atoms with Crippen molar-refractivity contribution in [2.24, 2.45) is 21.8 Å². The summed E-state index contributed by atoms with van der Waals surface area (Å²) in [5.41, 5.74) is 7.64. The lowest BCUT2D eigenvalue weighted by molar-refractivity contribution is -0.142. The Hall–Kier alpha value is -6.14. The monoisotopic (exact) mass is 859 g/mol. The minimum Gasteiger partial charge on any atom is -0.481 e. The van der Waals surface area contributed by atoms with Gasteiger partial charge in [0, 0.05) is 52.8 Å². The minimum atomic E-state index is -0.733. The number of nitrogens with one attached hydrogen (secondary N) is 2. The number of rotatable bonds is 11. The van der Waals surface area contributed by atoms with Gasteiger partial charge in [0.1, 0.15) is 45.3 Å². The molecule has 10 rings (SSSR count). The number of hydrogen-bond donors (Lipinski definition) is 3. The van der Waals surface area contributed by atoms with Crippen LogP contribution in [0, 0.1) is 11.8 Å². The maximum atomic E-state index is 13.0. The number of carbonyl (C=O) groups excluding carboxylic acids is 1. The summed E-state index contributed by atoms with van der Waals surface area (Å²) in [5, 5.41) is 18.2. The number of carboxylic acid groups (broad SMARTS) is 1. The molecule has 2 atom stereocenters. The predicted octanol–water partition coefficient (Wildman–Crippen LogP) is 7.09. The first-order chi connectivity index (χ1) is 29.7. The SMILES string of the molecule is CCCCN(C)C(=O)[C@H]1CCc2c(sc3ncnc(Nc4cc5c(nc4OC)CN=C5)c23)C1.COc1nc2c(cc1Nc1ncnc3sc4c(c13)CC[C@H](C(=O)O)C4)C=NC2. The molecule has 314 valence electrons. The smallest absolute Gasteiger partial charge is 0.306 e. The van der Waals surface area contributed by atoms with Crippen LogP contribution < -0.4 is 20.1 Å². The van der Waals surface area contributed by atoms with Crippen LogP contribution in [0.3, 0.4) is 0 Å². The van der Waals surface area contributed by atoms with E-state index in [0.717, 1.165) is 104 Å². The van der Waals surface area contributed by atoms with Crippen molar-refractivity contribution in [3.05, 3.63) is 68.2 Å². The van der Waals surface area contributed by atoms with E-state index in [1.54, 1.807) is 49.4 Å². The van der Waals surface area contributed by atoms with Crippen LogP contribution in [-0.4, -0.2) is 92.0 Å². The van der Waals surface area contributed by atoms with Gasteiger partial charge in [-0.15, -0.1) is 22.7 Å². The Bertz CT molecular complexity index is 2750. The predicted molar refractivity (Wildman–Crippen MR) is 237 cm³/mol. The van der Waals surface area contributed by atoms with Gasteiger partial charge in [-0.05, 0) is 68.2 Å². The summed E-state index contributed by atoms with van der Waals surface area (Å²) in [5.74, 6) is 1.68. The number of aromatic nitrogens is 6. The van der Waals surface area contributed by atoms with Crippen molar-refractivity contribution in [3.8, 4) is 11.8 Å². The van der Waals surface area contributed by atoms with E-state index in [1.807, 2.05) is 30.3 Å². The van der Waals surface area contributed by atoms with E-state index in [1.165, 1.54) is 16.8 Å². The zero-order chi connectivity index (χ0) is 42.2. The highest BCUT2D eigenvalue weighted by molar-refractivity contribution is 7.19. The maximum absolute atomic E-state index is 13.0. The summed E-state index contributed by atoms with van der Waals surface area (Å²) in [6.07, 6.45) is 13.2. The Balaban J connectivity index is 0.000000158. The largest absolute Gasteiger partial charge is 0.481 e. The number of aliphatic carboxylic acids is 1. The van der Waals surface area contributed by atoms with Crippen LogP contribution in [0.25, 0.3) is 20.4 Å². The molecule has 0 fully saturated rings. The van der Waals surface area contributed by atoms with E-state index in [4.69, 9.17) is 9.47 Å². The molecule has 18 heteroatoms. The Morgan fingerprint density at radius 3 is 1.79 bits per heavy atom. The Kier molecular flexibility index (Phi) is 11.3. The quantitative estimate of drug-likeness (QED) is 0.119. The van der Waals surface area contributed by atoms with Gasteiger partial charge in [-0.25, -0.2) is 29.9 Å². The third-order valence-corrected chi connectivity index (χ3v) is 14.0. The van der Waals surface area contributed by atoms with E-state index in [9.17, 15) is 14.7 Å². The highest BCUT2D eigenvalue weighted by atomic mass is 32.1. The number of pyridine rings is 2. The first-order valence-electron chi connectivity index (χ1n) is 20.4. The van der Waals surface area contributed by atoms with Gasteiger partial charge >= 0.3 is 5.97 Å². The molecule has 3 N–H and O–H groups in total. The molecule has 8 heterocycles. The van der Waals surface area contributed by atoms with E-state index in [2.05, 4.69) is 57.4 Å². The highest BCUT2D eigenvalue weighted by Crippen LogP contribution is 2.43. The van der Waals surface area contributed by atoms with Crippen LogP contribution >= 0.6 is 22.7 Å². The van der Waals surface area contributed by atoms with Gasteiger partial charge in [0.2, 0.25) is 17.7 Å². The summed E-state index contributed by atoms with van der Waals surface area (Å²) >= 11 is 3.23. The van der Waals surface area contributed by atoms with Crippen molar-refractivity contribution in [1.82, 2.24) is 34.8 Å². The lowest BCUT2D eigenvalue weighted by atomic mass is 9.87. The molecule has 0 saturated carbocycles. The van der Waals surface area contributed by atoms with Gasteiger partial charge in [-0.3, -0.25) is 19.6 Å². The average Bonchev–Trinajstić information content (AvgIpc) is 4.09. The number of carbonyl (C=O) groups is 2. The molecule has 16 nitrogen and oxygen atoms in total. The van der Waals surface area contributed by atoms with Crippen LogP contribution in [0.5, 0.6) is 11.8 Å². The highest BCUT2D eigenvalue weighted by Gasteiger charge is 2.32. The van der Waals surface area contributed by atoms with Gasteiger partial charge in [0.05, 0.1) is 55.4 Å². The van der Waals surface area contributed by atoms with Gasteiger partial charge < -0.3 is 30.1 Å². The van der Waals surface area contributed by atoms with Gasteiger partial charge in [0.25, 0.3) is 0 Å². The van der Waals surface area contributed by atoms with Crippen LogP contribution in [0.1, 0.15) is 76.0 Å². The Labute approximate surface area is 359 Å². The standard InChI is InChI=1S/C24H28N6O2S.C19H17N5O3S/c1-4-5-8-30(2)24(31)14-6-7-16-19(10-14)33-23-20(16)21(26-13-27-23)28-17-9-15-11-25-12-18(15)29-22(17)32-3;1-27-17-12(4-10-6-20-7-13(10)24-17)23-16-15-11-3-2-9(19(25)26)5-14(11)28-18(15)22-8-21-16/h9,11,13-14H,4-8,10,12H2,1-3H3,(H,26,27,28);4,6,8-9H,2-3,5,7H2,1H3,(H,25,26)(H,21,22,23)/t14-;9-/m00/s1. The van der Waals surface area contributed by atoms with E-state index >= 15 is 0 Å². The van der Waals surface area contributed by atoms with Gasteiger partial charge in [-0.2, -0.15) is 0 Å². The third-order valence-electron chi connectivity index (χ3n) is 11.6. The number of hydrogen-bond acceptors (Lipinski definition) is 16. The lowest BCUT2D eigenvalue weighted by Crippen LogP contribution is -2.36. The zero-order valence-corrected chi connectivity index (χ0v) is 36.0. The number of aliphatic imine (C=N–C) groups is 2. The number of methoxy groups -OCH3 is 2. The number of carboxylic acids is 1. The number of aryl methyl sites for hydroxylation is 2. The summed E-state index contributed by atoms with van der Waals surface area (Å²) in [4.78, 5) is 66.0. The van der Waals surface area contributed by atoms with Gasteiger partial charge in [0.15, 0.2) is 0 Å². The summed E-state index contributed by atoms with van der Waals surface area (Å²) < 4.78 is 11.0. The second-order valence-electron chi connectivity index (χ2n) is 15.5. The van der Waals surface area contributed by atoms with Crippen LogP contribution in [0.2, 0.25) is 0 Å². The maximum Gasteiger partial charge on any atom is 0.306 e. The molecule has 2 aliphatic heterocycles. The zero-order valence-electron chi connectivity index (χ0n) is 34.3. The van der Waals surface area contributed by atoms with Crippen molar-refractivity contribution < 1.29 is 24.2 Å². The van der Waals surface area contributed by atoms with Crippen molar-refractivity contribution in [3.63, 3.8) is 0 Å². The number of unbranched alkanes of at least 4 members (excludes halogenated alkanes) is 1. The van der Waals surface area contributed by atoms with Crippen LogP contribution in [0.15, 0.2) is 34.8 Å². The summed E-state index contributed by atoms with van der Waals surface area (Å²) in [6, 6.07) is 3.97. The van der Waals surface area contributed by atoms with Crippen molar-refractivity contribution in [1.29, 1.82) is 0 Å². The molecule has 6 aromatic rings. The fraction of sp³-hybridized carbons (Fsp3) is 0.395. The normalized spacial score (nSPS) is 16.9. The molecular weight excluding hydrogens is 815 g/mol. The first-order valence-corrected chi connectivity index (χ1v) is 22.0. The molecule has 61 heavy (non-hydrogen) atoms. The molecule has 0 radical (unpaired) electrons. The molecule has 0 bridgehead atoms. The molecule has 1 amide bonds. The second kappa shape index (κ2) is 17.1. The summed E-state index contributed by atoms with van der Waals surface area (Å²) in [6.45, 7) is 4.12. The average molecular weight is 860 g/mol. The lowest BCUT2D eigenvalue weighted by Gasteiger charge is -2.26. The van der Waals surface area contributed by atoms with Crippen molar-refractivity contribution >= 4 is 90.4 Å². The molecule has 0 spiro atoms. The van der Waals surface area contributed by atoms with Crippen LogP contribution in [0.4, 0.5) is 23.0 Å². The molecule has 2 aliphatic carbocycles. The number of thiophene rings is 2. The topological polar surface area (TPSA) is 202 Å². The summed E-state index contributed by atoms with van der Waals surface area (Å²) in [7, 11) is 5.13. The van der Waals surface area contributed by atoms with Crippen molar-refractivity contribution in [2.75, 3.05) is 38.4 Å². The molecular formula is C43H45N11O5S2. The molecule has 0 saturated heterocycles. The molecule has 4 aliphatic rings. The fourth-order valence-corrected chi connectivity index (χ4v) is 11.0. The van der Waals surface area contributed by atoms with E-state index < -0.39 is 5.97 Å².